The number of alkyl halides is 3. The van der Waals surface area contributed by atoms with Crippen LogP contribution in [-0.2, 0) is 4.79 Å². The van der Waals surface area contributed by atoms with Gasteiger partial charge in [-0.25, -0.2) is 0 Å². The molecule has 0 aliphatic heterocycles. The van der Waals surface area contributed by atoms with Crippen LogP contribution in [0, 0.1) is 0 Å². The molecule has 1 atom stereocenters. The Morgan fingerprint density at radius 3 is 2.46 bits per heavy atom. The number of nitrogens with one attached hydrogen (secondary N) is 1. The highest BCUT2D eigenvalue weighted by atomic mass is 19.4. The average molecular weight is 198 g/mol. The molecule has 0 saturated heterocycles. The van der Waals surface area contributed by atoms with Crippen LogP contribution in [0.15, 0.2) is 0 Å². The molecule has 0 bridgehead atoms. The largest absolute Gasteiger partial charge is 0.390 e. The monoisotopic (exact) mass is 198 g/mol. The maximum absolute atomic E-state index is 11.6. The number of carbonyl (C=O) groups is 1. The number of hydrogen-bond acceptors (Lipinski definition) is 2. The predicted octanol–water partition coefficient (Wildman–Crippen LogP) is 0.792. The van der Waals surface area contributed by atoms with Crippen molar-refractivity contribution >= 4 is 5.91 Å². The van der Waals surface area contributed by atoms with E-state index < -0.39 is 31.1 Å². The maximum Gasteiger partial charge on any atom is 0.390 e. The van der Waals surface area contributed by atoms with Crippen LogP contribution in [0.1, 0.15) is 19.8 Å². The van der Waals surface area contributed by atoms with Gasteiger partial charge in [-0.3, -0.25) is 4.79 Å². The van der Waals surface area contributed by atoms with Gasteiger partial charge in [-0.1, -0.05) is 6.92 Å². The van der Waals surface area contributed by atoms with Gasteiger partial charge in [0.25, 0.3) is 0 Å². The van der Waals surface area contributed by atoms with Gasteiger partial charge in [0.1, 0.15) is 0 Å². The van der Waals surface area contributed by atoms with Crippen molar-refractivity contribution in [1.82, 2.24) is 5.32 Å². The summed E-state index contributed by atoms with van der Waals surface area (Å²) in [6.45, 7) is 1.28. The Labute approximate surface area is 74.5 Å². The first-order chi connectivity index (χ1) is 5.87. The fourth-order valence-corrected chi connectivity index (χ4v) is 0.644. The Morgan fingerprint density at radius 1 is 1.54 bits per heavy atom. The molecule has 0 spiro atoms. The lowest BCUT2D eigenvalue weighted by Crippen LogP contribution is -2.41. The summed E-state index contributed by atoms with van der Waals surface area (Å²) in [5.74, 6) is -0.535. The standard InChI is InChI=1S/C7H13F3N2O/c1-2-5(11)6(13)12-4-3-7(8,9)10/h5H,2-4,11H2,1H3,(H,12,13). The van der Waals surface area contributed by atoms with Crippen LogP contribution in [0.2, 0.25) is 0 Å². The molecule has 1 amide bonds. The zero-order chi connectivity index (χ0) is 10.5. The van der Waals surface area contributed by atoms with E-state index >= 15 is 0 Å². The summed E-state index contributed by atoms with van der Waals surface area (Å²) in [7, 11) is 0. The first-order valence-corrected chi connectivity index (χ1v) is 3.97. The van der Waals surface area contributed by atoms with E-state index in [4.69, 9.17) is 5.73 Å². The Morgan fingerprint density at radius 2 is 2.08 bits per heavy atom. The molecular formula is C7H13F3N2O. The van der Waals surface area contributed by atoms with Crippen LogP contribution in [-0.4, -0.2) is 24.7 Å². The van der Waals surface area contributed by atoms with Crippen molar-refractivity contribution < 1.29 is 18.0 Å². The normalized spacial score (nSPS) is 13.9. The van der Waals surface area contributed by atoms with E-state index in [2.05, 4.69) is 5.32 Å². The topological polar surface area (TPSA) is 55.1 Å². The minimum atomic E-state index is -4.23. The van der Waals surface area contributed by atoms with E-state index in [9.17, 15) is 18.0 Å². The minimum Gasteiger partial charge on any atom is -0.354 e. The second-order valence-corrected chi connectivity index (χ2v) is 2.67. The molecule has 3 N–H and O–H groups in total. The summed E-state index contributed by atoms with van der Waals surface area (Å²) < 4.78 is 34.8. The molecule has 0 saturated carbocycles. The van der Waals surface area contributed by atoms with Crippen molar-refractivity contribution in [2.45, 2.75) is 32.0 Å². The molecule has 0 aromatic heterocycles. The van der Waals surface area contributed by atoms with Gasteiger partial charge in [-0.05, 0) is 6.42 Å². The molecule has 0 aliphatic rings. The molecule has 0 aromatic rings. The van der Waals surface area contributed by atoms with Crippen LogP contribution in [0.3, 0.4) is 0 Å². The lowest BCUT2D eigenvalue weighted by molar-refractivity contribution is -0.135. The summed E-state index contributed by atoms with van der Waals surface area (Å²) >= 11 is 0. The van der Waals surface area contributed by atoms with Gasteiger partial charge in [0.15, 0.2) is 0 Å². The van der Waals surface area contributed by atoms with Crippen molar-refractivity contribution in [3.8, 4) is 0 Å². The third kappa shape index (κ3) is 6.39. The Balaban J connectivity index is 3.60. The number of rotatable bonds is 4. The van der Waals surface area contributed by atoms with Crippen LogP contribution in [0.25, 0.3) is 0 Å². The van der Waals surface area contributed by atoms with Gasteiger partial charge >= 0.3 is 6.18 Å². The maximum atomic E-state index is 11.6. The predicted molar refractivity (Wildman–Crippen MR) is 41.9 cm³/mol. The van der Waals surface area contributed by atoms with E-state index in [-0.39, 0.29) is 0 Å². The lowest BCUT2D eigenvalue weighted by Gasteiger charge is -2.10. The molecule has 78 valence electrons. The molecule has 0 aromatic carbocycles. The Hall–Kier alpha value is -0.780. The molecule has 1 unspecified atom stereocenters. The second-order valence-electron chi connectivity index (χ2n) is 2.67. The molecule has 0 aliphatic carbocycles. The van der Waals surface area contributed by atoms with Crippen molar-refractivity contribution in [1.29, 1.82) is 0 Å². The van der Waals surface area contributed by atoms with Gasteiger partial charge in [-0.15, -0.1) is 0 Å². The molecule has 0 fully saturated rings. The summed E-state index contributed by atoms with van der Waals surface area (Å²) in [5, 5.41) is 2.11. The van der Waals surface area contributed by atoms with Crippen molar-refractivity contribution in [2.75, 3.05) is 6.54 Å². The highest BCUT2D eigenvalue weighted by molar-refractivity contribution is 5.81. The van der Waals surface area contributed by atoms with E-state index in [1.165, 1.54) is 0 Å². The molecule has 0 radical (unpaired) electrons. The zero-order valence-corrected chi connectivity index (χ0v) is 7.32. The highest BCUT2D eigenvalue weighted by Gasteiger charge is 2.26. The fourth-order valence-electron chi connectivity index (χ4n) is 0.644. The quantitative estimate of drug-likeness (QED) is 0.701. The zero-order valence-electron chi connectivity index (χ0n) is 7.32. The molecular weight excluding hydrogens is 185 g/mol. The molecule has 0 rings (SSSR count). The highest BCUT2D eigenvalue weighted by Crippen LogP contribution is 2.18. The molecule has 0 heterocycles. The van der Waals surface area contributed by atoms with Crippen LogP contribution in [0.5, 0.6) is 0 Å². The SMILES string of the molecule is CCC(N)C(=O)NCCC(F)(F)F. The molecule has 13 heavy (non-hydrogen) atoms. The van der Waals surface area contributed by atoms with Crippen molar-refractivity contribution in [2.24, 2.45) is 5.73 Å². The number of halogens is 3. The Kier molecular flexibility index (Phi) is 4.76. The number of carbonyl (C=O) groups excluding carboxylic acids is 1. The summed E-state index contributed by atoms with van der Waals surface area (Å²) in [4.78, 5) is 10.9. The minimum absolute atomic E-state index is 0.407. The summed E-state index contributed by atoms with van der Waals surface area (Å²) in [6.07, 6.45) is -4.84. The van der Waals surface area contributed by atoms with Gasteiger partial charge < -0.3 is 11.1 Å². The van der Waals surface area contributed by atoms with E-state index in [1.807, 2.05) is 0 Å². The molecule has 6 heteroatoms. The fraction of sp³-hybridized carbons (Fsp3) is 0.857. The number of amides is 1. The average Bonchev–Trinajstić information content (AvgIpc) is 2.00. The van der Waals surface area contributed by atoms with E-state index in [0.29, 0.717) is 6.42 Å². The number of nitrogens with two attached hydrogens (primary N) is 1. The summed E-state index contributed by atoms with van der Waals surface area (Å²) in [5.41, 5.74) is 5.27. The van der Waals surface area contributed by atoms with Crippen molar-refractivity contribution in [3.63, 3.8) is 0 Å². The van der Waals surface area contributed by atoms with Gasteiger partial charge in [0.05, 0.1) is 12.5 Å². The van der Waals surface area contributed by atoms with E-state index in [1.54, 1.807) is 6.92 Å². The Bertz CT molecular complexity index is 170. The van der Waals surface area contributed by atoms with Gasteiger partial charge in [-0.2, -0.15) is 13.2 Å². The van der Waals surface area contributed by atoms with E-state index in [0.717, 1.165) is 0 Å². The first kappa shape index (κ1) is 12.2. The van der Waals surface area contributed by atoms with Gasteiger partial charge in [0, 0.05) is 6.54 Å². The summed E-state index contributed by atoms with van der Waals surface area (Å²) in [6, 6.07) is -0.715. The van der Waals surface area contributed by atoms with Crippen LogP contribution in [0.4, 0.5) is 13.2 Å². The third-order valence-corrected chi connectivity index (χ3v) is 1.48. The number of hydrogen-bond donors (Lipinski definition) is 2. The second kappa shape index (κ2) is 5.06. The molecule has 3 nitrogen and oxygen atoms in total. The van der Waals surface area contributed by atoms with Crippen LogP contribution >= 0.6 is 0 Å². The third-order valence-electron chi connectivity index (χ3n) is 1.48. The lowest BCUT2D eigenvalue weighted by atomic mass is 10.2. The van der Waals surface area contributed by atoms with Crippen molar-refractivity contribution in [3.05, 3.63) is 0 Å². The van der Waals surface area contributed by atoms with Gasteiger partial charge in [0.2, 0.25) is 5.91 Å². The smallest absolute Gasteiger partial charge is 0.354 e. The first-order valence-electron chi connectivity index (χ1n) is 3.97. The van der Waals surface area contributed by atoms with Crippen LogP contribution < -0.4 is 11.1 Å².